The molecule has 1 saturated heterocycles. The molecule has 26 heavy (non-hydrogen) atoms. The molecule has 8 nitrogen and oxygen atoms in total. The monoisotopic (exact) mass is 363 g/mol. The van der Waals surface area contributed by atoms with E-state index in [1.165, 1.54) is 11.7 Å². The van der Waals surface area contributed by atoms with Crippen LogP contribution in [0.5, 0.6) is 5.75 Å². The minimum atomic E-state index is -0.730. The lowest BCUT2D eigenvalue weighted by molar-refractivity contribution is 0.412. The van der Waals surface area contributed by atoms with Crippen molar-refractivity contribution in [3.63, 3.8) is 0 Å². The second-order valence-electron chi connectivity index (χ2n) is 7.03. The van der Waals surface area contributed by atoms with Gasteiger partial charge in [0.25, 0.3) is 5.56 Å². The third-order valence-corrected chi connectivity index (χ3v) is 5.34. The third-order valence-electron chi connectivity index (χ3n) is 5.34. The number of hydrogen-bond donors (Lipinski definition) is 2. The van der Waals surface area contributed by atoms with Crippen molar-refractivity contribution in [3.8, 4) is 5.75 Å². The number of ether oxygens (including phenoxy) is 1. The maximum Gasteiger partial charge on any atom is 0.350 e. The minimum absolute atomic E-state index is 0.0478. The van der Waals surface area contributed by atoms with E-state index in [-0.39, 0.29) is 28.8 Å². The topological polar surface area (TPSA) is 109 Å². The van der Waals surface area contributed by atoms with Gasteiger partial charge in [-0.3, -0.25) is 9.36 Å². The number of anilines is 1. The summed E-state index contributed by atoms with van der Waals surface area (Å²) in [7, 11) is 1.42. The van der Waals surface area contributed by atoms with Gasteiger partial charge < -0.3 is 21.2 Å². The zero-order chi connectivity index (χ0) is 18.6. The Hall–Kier alpha value is -2.55. The number of nitrogens with two attached hydrogens (primary N) is 2. The van der Waals surface area contributed by atoms with Gasteiger partial charge >= 0.3 is 5.69 Å². The first kappa shape index (κ1) is 16.9. The lowest BCUT2D eigenvalue weighted by Crippen LogP contribution is -2.44. The summed E-state index contributed by atoms with van der Waals surface area (Å²) in [6.45, 7) is 1.78. The van der Waals surface area contributed by atoms with Crippen molar-refractivity contribution in [2.45, 2.75) is 25.3 Å². The molecule has 4 rings (SSSR count). The smallest absolute Gasteiger partial charge is 0.350 e. The first-order valence-electron chi connectivity index (χ1n) is 8.75. The molecule has 1 aliphatic carbocycles. The predicted octanol–water partition coefficient (Wildman–Crippen LogP) is 0.145. The highest BCUT2D eigenvalue weighted by atomic mass is 19.1. The van der Waals surface area contributed by atoms with Gasteiger partial charge in [-0.15, -0.1) is 0 Å². The van der Waals surface area contributed by atoms with Gasteiger partial charge in [0, 0.05) is 19.1 Å². The van der Waals surface area contributed by atoms with Crippen molar-refractivity contribution in [3.05, 3.63) is 32.7 Å². The average Bonchev–Trinajstić information content (AvgIpc) is 3.36. The van der Waals surface area contributed by atoms with Crippen LogP contribution in [-0.2, 0) is 0 Å². The maximum atomic E-state index is 15.0. The molecular formula is C17H22FN5O3. The fraction of sp³-hybridized carbons (Fsp3) is 0.529. The number of nitrogen functional groups attached to an aromatic ring is 1. The molecule has 0 spiro atoms. The second-order valence-corrected chi connectivity index (χ2v) is 7.03. The second kappa shape index (κ2) is 6.01. The Morgan fingerprint density at radius 1 is 1.31 bits per heavy atom. The molecule has 2 aromatic rings. The largest absolute Gasteiger partial charge is 0.492 e. The van der Waals surface area contributed by atoms with Crippen molar-refractivity contribution in [1.82, 2.24) is 9.24 Å². The summed E-state index contributed by atoms with van der Waals surface area (Å²) < 4.78 is 22.5. The van der Waals surface area contributed by atoms with E-state index in [1.54, 1.807) is 0 Å². The predicted molar refractivity (Wildman–Crippen MR) is 96.8 cm³/mol. The maximum absolute atomic E-state index is 15.0. The van der Waals surface area contributed by atoms with Crippen LogP contribution in [0.15, 0.2) is 15.7 Å². The van der Waals surface area contributed by atoms with Gasteiger partial charge in [-0.2, -0.15) is 4.68 Å². The van der Waals surface area contributed by atoms with Gasteiger partial charge in [-0.05, 0) is 37.8 Å². The van der Waals surface area contributed by atoms with Gasteiger partial charge in [0.2, 0.25) is 0 Å². The van der Waals surface area contributed by atoms with Crippen LogP contribution in [0.2, 0.25) is 0 Å². The lowest BCUT2D eigenvalue weighted by Gasteiger charge is -2.24. The number of rotatable bonds is 4. The summed E-state index contributed by atoms with van der Waals surface area (Å²) in [6.07, 6.45) is 2.47. The standard InChI is InChI=1S/C17H22FN5O3/c1-26-15-13-11(16(24)23(20)17(25)22(13)10-2-3-10)6-12(18)14(15)21-5-4-9(7-19)8-21/h6,9-10H,2-5,7-8,19-20H2,1H3. The molecule has 2 aliphatic rings. The van der Waals surface area contributed by atoms with Crippen molar-refractivity contribution in [2.75, 3.05) is 37.5 Å². The Morgan fingerprint density at radius 2 is 2.04 bits per heavy atom. The number of halogens is 1. The van der Waals surface area contributed by atoms with Gasteiger partial charge in [0.1, 0.15) is 11.2 Å². The van der Waals surface area contributed by atoms with Crippen molar-refractivity contribution < 1.29 is 9.13 Å². The van der Waals surface area contributed by atoms with E-state index in [9.17, 15) is 14.0 Å². The highest BCUT2D eigenvalue weighted by Crippen LogP contribution is 2.43. The van der Waals surface area contributed by atoms with Crippen LogP contribution in [0, 0.1) is 11.7 Å². The van der Waals surface area contributed by atoms with E-state index in [1.807, 2.05) is 4.90 Å². The number of benzene rings is 1. The molecule has 2 heterocycles. The van der Waals surface area contributed by atoms with Crippen LogP contribution in [0.4, 0.5) is 10.1 Å². The van der Waals surface area contributed by atoms with Crippen molar-refractivity contribution in [2.24, 2.45) is 11.7 Å². The quantitative estimate of drug-likeness (QED) is 0.749. The van der Waals surface area contributed by atoms with Gasteiger partial charge in [0.15, 0.2) is 11.6 Å². The summed E-state index contributed by atoms with van der Waals surface area (Å²) >= 11 is 0. The molecule has 140 valence electrons. The SMILES string of the molecule is COc1c(N2CCC(CN)C2)c(F)cc2c(=O)n(N)c(=O)n(C3CC3)c12. The summed E-state index contributed by atoms with van der Waals surface area (Å²) in [4.78, 5) is 26.9. The van der Waals surface area contributed by atoms with Crippen molar-refractivity contribution >= 4 is 16.6 Å². The molecule has 4 N–H and O–H groups in total. The van der Waals surface area contributed by atoms with Crippen LogP contribution < -0.4 is 32.5 Å². The molecule has 0 radical (unpaired) electrons. The zero-order valence-electron chi connectivity index (χ0n) is 14.6. The van der Waals surface area contributed by atoms with Crippen LogP contribution >= 0.6 is 0 Å². The Balaban J connectivity index is 2.05. The number of fused-ring (bicyclic) bond motifs is 1. The van der Waals surface area contributed by atoms with Crippen LogP contribution in [-0.4, -0.2) is 36.0 Å². The summed E-state index contributed by atoms with van der Waals surface area (Å²) in [5.41, 5.74) is 5.00. The van der Waals surface area contributed by atoms with Gasteiger partial charge in [-0.25, -0.2) is 9.18 Å². The van der Waals surface area contributed by atoms with Gasteiger partial charge in [0.05, 0.1) is 12.5 Å². The van der Waals surface area contributed by atoms with Gasteiger partial charge in [-0.1, -0.05) is 0 Å². The molecule has 0 amide bonds. The summed E-state index contributed by atoms with van der Waals surface area (Å²) in [6, 6.07) is 1.11. The van der Waals surface area contributed by atoms with Crippen LogP contribution in [0.25, 0.3) is 10.9 Å². The molecule has 1 aliphatic heterocycles. The molecule has 1 unspecified atom stereocenters. The van der Waals surface area contributed by atoms with E-state index in [0.29, 0.717) is 29.8 Å². The van der Waals surface area contributed by atoms with Crippen LogP contribution in [0.3, 0.4) is 0 Å². The molecule has 1 saturated carbocycles. The first-order chi connectivity index (χ1) is 12.5. The van der Waals surface area contributed by atoms with E-state index in [4.69, 9.17) is 16.3 Å². The number of aromatic nitrogens is 2. The Labute approximate surface area is 148 Å². The lowest BCUT2D eigenvalue weighted by atomic mass is 10.1. The average molecular weight is 363 g/mol. The molecule has 0 bridgehead atoms. The first-order valence-corrected chi connectivity index (χ1v) is 8.75. The molecule has 9 heteroatoms. The highest BCUT2D eigenvalue weighted by molar-refractivity contribution is 5.91. The fourth-order valence-electron chi connectivity index (χ4n) is 3.82. The van der Waals surface area contributed by atoms with E-state index < -0.39 is 17.1 Å². The highest BCUT2D eigenvalue weighted by Gasteiger charge is 2.33. The Bertz CT molecular complexity index is 995. The molecule has 1 aromatic heterocycles. The Morgan fingerprint density at radius 3 is 2.62 bits per heavy atom. The molecular weight excluding hydrogens is 341 g/mol. The number of hydrogen-bond acceptors (Lipinski definition) is 6. The molecule has 1 aromatic carbocycles. The van der Waals surface area contributed by atoms with E-state index in [2.05, 4.69) is 0 Å². The third kappa shape index (κ3) is 2.38. The van der Waals surface area contributed by atoms with Crippen molar-refractivity contribution in [1.29, 1.82) is 0 Å². The zero-order valence-corrected chi connectivity index (χ0v) is 14.6. The summed E-state index contributed by atoms with van der Waals surface area (Å²) in [5, 5.41) is 0.0478. The summed E-state index contributed by atoms with van der Waals surface area (Å²) in [5.74, 6) is 5.55. The fourth-order valence-corrected chi connectivity index (χ4v) is 3.82. The Kier molecular flexibility index (Phi) is 3.91. The normalized spacial score (nSPS) is 20.1. The number of methoxy groups -OCH3 is 1. The van der Waals surface area contributed by atoms with Crippen LogP contribution in [0.1, 0.15) is 25.3 Å². The molecule has 1 atom stereocenters. The van der Waals surface area contributed by atoms with E-state index >= 15 is 0 Å². The minimum Gasteiger partial charge on any atom is -0.492 e. The van der Waals surface area contributed by atoms with E-state index in [0.717, 1.165) is 25.3 Å². The number of nitrogens with zero attached hydrogens (tertiary/aromatic N) is 3. The molecule has 2 fully saturated rings.